The van der Waals surface area contributed by atoms with Crippen molar-refractivity contribution in [2.24, 2.45) is 0 Å². The van der Waals surface area contributed by atoms with Gasteiger partial charge in [0.15, 0.2) is 0 Å². The highest BCUT2D eigenvalue weighted by atomic mass is 16.5. The van der Waals surface area contributed by atoms with Gasteiger partial charge >= 0.3 is 5.97 Å². The number of esters is 1. The highest BCUT2D eigenvalue weighted by molar-refractivity contribution is 5.89. The van der Waals surface area contributed by atoms with Gasteiger partial charge in [-0.3, -0.25) is 0 Å². The molecule has 0 N–H and O–H groups in total. The van der Waals surface area contributed by atoms with Crippen LogP contribution in [0, 0.1) is 0 Å². The fourth-order valence-corrected chi connectivity index (χ4v) is 2.23. The minimum absolute atomic E-state index is 0.381. The van der Waals surface area contributed by atoms with Crippen molar-refractivity contribution in [3.8, 4) is 22.9 Å². The molecule has 1 heterocycles. The van der Waals surface area contributed by atoms with Gasteiger partial charge in [0.1, 0.15) is 0 Å². The highest BCUT2D eigenvalue weighted by Gasteiger charge is 2.12. The van der Waals surface area contributed by atoms with Crippen molar-refractivity contribution in [3.05, 3.63) is 54.1 Å². The molecular weight excluding hydrogens is 306 g/mol. The van der Waals surface area contributed by atoms with E-state index in [0.717, 1.165) is 16.8 Å². The number of ether oxygens (including phenoxy) is 1. The molecule has 0 radical (unpaired) electrons. The molecule has 0 aliphatic rings. The van der Waals surface area contributed by atoms with Crippen LogP contribution in [0.1, 0.15) is 10.4 Å². The molecule has 0 atom stereocenters. The van der Waals surface area contributed by atoms with Crippen molar-refractivity contribution in [3.63, 3.8) is 0 Å². The molecule has 0 saturated carbocycles. The average Bonchev–Trinajstić information content (AvgIpc) is 3.11. The van der Waals surface area contributed by atoms with Crippen molar-refractivity contribution in [2.75, 3.05) is 26.1 Å². The zero-order chi connectivity index (χ0) is 17.1. The Morgan fingerprint density at radius 3 is 1.88 bits per heavy atom. The van der Waals surface area contributed by atoms with Gasteiger partial charge in [-0.2, -0.15) is 0 Å². The Hall–Kier alpha value is -3.15. The second-order valence-electron chi connectivity index (χ2n) is 5.42. The van der Waals surface area contributed by atoms with Gasteiger partial charge in [-0.1, -0.05) is 0 Å². The molecule has 3 rings (SSSR count). The number of nitrogens with zero attached hydrogens (tertiary/aromatic N) is 3. The van der Waals surface area contributed by atoms with E-state index in [1.54, 1.807) is 24.3 Å². The van der Waals surface area contributed by atoms with Gasteiger partial charge in [0.2, 0.25) is 11.8 Å². The third-order valence-electron chi connectivity index (χ3n) is 3.61. The first kappa shape index (κ1) is 15.7. The van der Waals surface area contributed by atoms with Gasteiger partial charge in [-0.15, -0.1) is 10.2 Å². The Balaban J connectivity index is 1.83. The number of rotatable bonds is 4. The van der Waals surface area contributed by atoms with E-state index in [-0.39, 0.29) is 5.97 Å². The Kier molecular flexibility index (Phi) is 4.29. The van der Waals surface area contributed by atoms with E-state index >= 15 is 0 Å². The van der Waals surface area contributed by atoms with E-state index in [2.05, 4.69) is 14.9 Å². The molecule has 0 aliphatic carbocycles. The van der Waals surface area contributed by atoms with Crippen LogP contribution in [0.25, 0.3) is 22.9 Å². The van der Waals surface area contributed by atoms with Crippen molar-refractivity contribution in [1.29, 1.82) is 0 Å². The third-order valence-corrected chi connectivity index (χ3v) is 3.61. The molecule has 0 spiro atoms. The van der Waals surface area contributed by atoms with Crippen molar-refractivity contribution in [1.82, 2.24) is 10.2 Å². The van der Waals surface area contributed by atoms with Crippen molar-refractivity contribution in [2.45, 2.75) is 0 Å². The van der Waals surface area contributed by atoms with Crippen molar-refractivity contribution >= 4 is 11.7 Å². The van der Waals surface area contributed by atoms with Gasteiger partial charge < -0.3 is 14.1 Å². The van der Waals surface area contributed by atoms with Crippen LogP contribution in [0.5, 0.6) is 0 Å². The molecule has 0 amide bonds. The number of methoxy groups -OCH3 is 1. The van der Waals surface area contributed by atoms with Crippen LogP contribution in [0.4, 0.5) is 5.69 Å². The first-order chi connectivity index (χ1) is 11.6. The quantitative estimate of drug-likeness (QED) is 0.687. The summed E-state index contributed by atoms with van der Waals surface area (Å²) >= 11 is 0. The van der Waals surface area contributed by atoms with E-state index in [4.69, 9.17) is 4.42 Å². The summed E-state index contributed by atoms with van der Waals surface area (Å²) in [4.78, 5) is 13.5. The summed E-state index contributed by atoms with van der Waals surface area (Å²) in [6.45, 7) is 0. The number of carbonyl (C=O) groups is 1. The van der Waals surface area contributed by atoms with Crippen LogP contribution < -0.4 is 4.90 Å². The SMILES string of the molecule is COC(=O)c1ccc(-c2nnc(-c3ccc(N(C)C)cc3)o2)cc1. The standard InChI is InChI=1S/C18H17N3O3/c1-21(2)15-10-8-13(9-11-15)17-20-19-16(24-17)12-4-6-14(7-5-12)18(22)23-3/h4-11H,1-3H3. The van der Waals surface area contributed by atoms with E-state index < -0.39 is 0 Å². The average molecular weight is 323 g/mol. The minimum atomic E-state index is -0.381. The summed E-state index contributed by atoms with van der Waals surface area (Å²) in [5, 5.41) is 8.16. The molecule has 0 saturated heterocycles. The molecular formula is C18H17N3O3. The maximum Gasteiger partial charge on any atom is 0.337 e. The largest absolute Gasteiger partial charge is 0.465 e. The summed E-state index contributed by atoms with van der Waals surface area (Å²) in [6, 6.07) is 14.7. The lowest BCUT2D eigenvalue weighted by atomic mass is 10.1. The normalized spacial score (nSPS) is 10.5. The predicted molar refractivity (Wildman–Crippen MR) is 90.8 cm³/mol. The molecule has 0 aliphatic heterocycles. The molecule has 6 heteroatoms. The summed E-state index contributed by atoms with van der Waals surface area (Å²) < 4.78 is 10.4. The van der Waals surface area contributed by atoms with Gasteiger partial charge in [-0.25, -0.2) is 4.79 Å². The lowest BCUT2D eigenvalue weighted by Crippen LogP contribution is -2.07. The third kappa shape index (κ3) is 3.12. The van der Waals surface area contributed by atoms with Crippen LogP contribution in [-0.4, -0.2) is 37.4 Å². The smallest absolute Gasteiger partial charge is 0.337 e. The molecule has 0 unspecified atom stereocenters. The fourth-order valence-electron chi connectivity index (χ4n) is 2.23. The van der Waals surface area contributed by atoms with Crippen LogP contribution in [-0.2, 0) is 4.74 Å². The second kappa shape index (κ2) is 6.54. The number of hydrogen-bond donors (Lipinski definition) is 0. The Morgan fingerprint density at radius 2 is 1.42 bits per heavy atom. The van der Waals surface area contributed by atoms with Gasteiger partial charge in [-0.05, 0) is 48.5 Å². The van der Waals surface area contributed by atoms with Crippen LogP contribution in [0.3, 0.4) is 0 Å². The van der Waals surface area contributed by atoms with Crippen LogP contribution in [0.2, 0.25) is 0 Å². The van der Waals surface area contributed by atoms with Crippen LogP contribution >= 0.6 is 0 Å². The molecule has 122 valence electrons. The lowest BCUT2D eigenvalue weighted by molar-refractivity contribution is 0.0600. The molecule has 1 aromatic heterocycles. The zero-order valence-electron chi connectivity index (χ0n) is 13.7. The molecule has 2 aromatic carbocycles. The van der Waals surface area contributed by atoms with E-state index in [0.29, 0.717) is 17.3 Å². The monoisotopic (exact) mass is 323 g/mol. The Morgan fingerprint density at radius 1 is 0.917 bits per heavy atom. The van der Waals surface area contributed by atoms with E-state index in [1.807, 2.05) is 43.3 Å². The summed E-state index contributed by atoms with van der Waals surface area (Å²) in [5.41, 5.74) is 3.16. The molecule has 0 bridgehead atoms. The first-order valence-electron chi connectivity index (χ1n) is 7.38. The predicted octanol–water partition coefficient (Wildman–Crippen LogP) is 3.26. The van der Waals surface area contributed by atoms with Gasteiger partial charge in [0.25, 0.3) is 0 Å². The van der Waals surface area contributed by atoms with E-state index in [1.165, 1.54) is 7.11 Å². The van der Waals surface area contributed by atoms with Crippen LogP contribution in [0.15, 0.2) is 52.9 Å². The van der Waals surface area contributed by atoms with Gasteiger partial charge in [0.05, 0.1) is 12.7 Å². The molecule has 6 nitrogen and oxygen atoms in total. The number of aromatic nitrogens is 2. The van der Waals surface area contributed by atoms with E-state index in [9.17, 15) is 4.79 Å². The molecule has 3 aromatic rings. The number of anilines is 1. The fraction of sp³-hybridized carbons (Fsp3) is 0.167. The highest BCUT2D eigenvalue weighted by Crippen LogP contribution is 2.25. The Labute approximate surface area is 139 Å². The maximum atomic E-state index is 11.4. The summed E-state index contributed by atoms with van der Waals surface area (Å²) in [7, 11) is 5.32. The topological polar surface area (TPSA) is 68.5 Å². The van der Waals surface area contributed by atoms with Crippen molar-refractivity contribution < 1.29 is 13.9 Å². The summed E-state index contributed by atoms with van der Waals surface area (Å²) in [5.74, 6) is 0.471. The number of benzene rings is 2. The molecule has 0 fully saturated rings. The maximum absolute atomic E-state index is 11.4. The number of hydrogen-bond acceptors (Lipinski definition) is 6. The zero-order valence-corrected chi connectivity index (χ0v) is 13.7. The summed E-state index contributed by atoms with van der Waals surface area (Å²) in [6.07, 6.45) is 0. The second-order valence-corrected chi connectivity index (χ2v) is 5.42. The molecule has 24 heavy (non-hydrogen) atoms. The first-order valence-corrected chi connectivity index (χ1v) is 7.38. The Bertz CT molecular complexity index is 837. The van der Waals surface area contributed by atoms with Gasteiger partial charge in [0, 0.05) is 30.9 Å². The number of carbonyl (C=O) groups excluding carboxylic acids is 1. The minimum Gasteiger partial charge on any atom is -0.465 e. The lowest BCUT2D eigenvalue weighted by Gasteiger charge is -2.11.